The van der Waals surface area contributed by atoms with Crippen molar-refractivity contribution in [3.63, 3.8) is 0 Å². The SMILES string of the molecule is CCC1(CC)Nc2cccc3c(C4C(O)C(c5ccc6c7c(cccc57)NC(C)(C)N6)C4O)ccc(c23)N1. The van der Waals surface area contributed by atoms with Gasteiger partial charge in [0.25, 0.3) is 0 Å². The normalized spacial score (nSPS) is 26.1. The maximum absolute atomic E-state index is 11.6. The summed E-state index contributed by atoms with van der Waals surface area (Å²) in [7, 11) is 0. The zero-order valence-electron chi connectivity index (χ0n) is 22.4. The second kappa shape index (κ2) is 8.01. The molecule has 7 rings (SSSR count). The molecule has 4 aromatic carbocycles. The van der Waals surface area contributed by atoms with Crippen molar-refractivity contribution in [3.05, 3.63) is 71.8 Å². The van der Waals surface area contributed by atoms with Crippen molar-refractivity contribution in [2.45, 2.75) is 75.9 Å². The van der Waals surface area contributed by atoms with E-state index in [1.165, 1.54) is 0 Å². The van der Waals surface area contributed by atoms with Crippen LogP contribution in [0.2, 0.25) is 0 Å². The molecule has 0 amide bonds. The number of hydrogen-bond donors (Lipinski definition) is 6. The van der Waals surface area contributed by atoms with Crippen molar-refractivity contribution in [1.82, 2.24) is 0 Å². The fourth-order valence-electron chi connectivity index (χ4n) is 7.15. The van der Waals surface area contributed by atoms with Crippen molar-refractivity contribution >= 4 is 44.3 Å². The van der Waals surface area contributed by atoms with Crippen LogP contribution in [0.5, 0.6) is 0 Å². The van der Waals surface area contributed by atoms with Crippen LogP contribution in [0.3, 0.4) is 0 Å². The molecule has 1 aliphatic carbocycles. The topological polar surface area (TPSA) is 88.6 Å². The highest BCUT2D eigenvalue weighted by molar-refractivity contribution is 6.08. The molecule has 196 valence electrons. The first-order valence-electron chi connectivity index (χ1n) is 13.9. The van der Waals surface area contributed by atoms with E-state index in [0.717, 1.165) is 68.3 Å². The van der Waals surface area contributed by atoms with Gasteiger partial charge in [-0.1, -0.05) is 50.2 Å². The Kier molecular flexibility index (Phi) is 4.98. The lowest BCUT2D eigenvalue weighted by molar-refractivity contribution is -0.0775. The molecule has 4 aromatic rings. The highest BCUT2D eigenvalue weighted by Crippen LogP contribution is 2.53. The molecule has 1 saturated carbocycles. The highest BCUT2D eigenvalue weighted by atomic mass is 16.3. The van der Waals surface area contributed by atoms with Crippen LogP contribution in [0.25, 0.3) is 21.5 Å². The van der Waals surface area contributed by atoms with Gasteiger partial charge in [0, 0.05) is 45.4 Å². The molecule has 6 N–H and O–H groups in total. The van der Waals surface area contributed by atoms with E-state index >= 15 is 0 Å². The number of aliphatic hydroxyl groups excluding tert-OH is 2. The Morgan fingerprint density at radius 3 is 1.50 bits per heavy atom. The largest absolute Gasteiger partial charge is 0.392 e. The van der Waals surface area contributed by atoms with Crippen molar-refractivity contribution in [3.8, 4) is 0 Å². The van der Waals surface area contributed by atoms with Crippen molar-refractivity contribution in [2.24, 2.45) is 0 Å². The summed E-state index contributed by atoms with van der Waals surface area (Å²) < 4.78 is 0. The number of nitrogens with one attached hydrogen (secondary N) is 4. The van der Waals surface area contributed by atoms with Gasteiger partial charge in [0.2, 0.25) is 0 Å². The zero-order chi connectivity index (χ0) is 26.4. The summed E-state index contributed by atoms with van der Waals surface area (Å²) >= 11 is 0. The van der Waals surface area contributed by atoms with Gasteiger partial charge in [-0.2, -0.15) is 0 Å². The molecule has 2 heterocycles. The summed E-state index contributed by atoms with van der Waals surface area (Å²) in [4.78, 5) is 0. The number of anilines is 4. The van der Waals surface area contributed by atoms with Crippen molar-refractivity contribution < 1.29 is 10.2 Å². The van der Waals surface area contributed by atoms with E-state index in [0.29, 0.717) is 0 Å². The lowest BCUT2D eigenvalue weighted by atomic mass is 9.62. The Labute approximate surface area is 223 Å². The molecule has 6 heteroatoms. The Bertz CT molecular complexity index is 1550. The van der Waals surface area contributed by atoms with E-state index in [4.69, 9.17) is 0 Å². The van der Waals surface area contributed by atoms with E-state index in [-0.39, 0.29) is 23.2 Å². The smallest absolute Gasteiger partial charge is 0.107 e. The highest BCUT2D eigenvalue weighted by Gasteiger charge is 2.51. The van der Waals surface area contributed by atoms with Gasteiger partial charge in [-0.15, -0.1) is 0 Å². The molecule has 6 nitrogen and oxygen atoms in total. The second-order valence-corrected chi connectivity index (χ2v) is 11.8. The molecule has 0 radical (unpaired) electrons. The van der Waals surface area contributed by atoms with Gasteiger partial charge < -0.3 is 31.5 Å². The van der Waals surface area contributed by atoms with Gasteiger partial charge in [0.05, 0.1) is 12.2 Å². The number of aliphatic hydroxyl groups is 2. The first-order chi connectivity index (χ1) is 18.3. The van der Waals surface area contributed by atoms with E-state index in [9.17, 15) is 10.2 Å². The lowest BCUT2D eigenvalue weighted by Gasteiger charge is -2.48. The fraction of sp³-hybridized carbons (Fsp3) is 0.375. The minimum absolute atomic E-state index is 0.170. The monoisotopic (exact) mass is 508 g/mol. The zero-order valence-corrected chi connectivity index (χ0v) is 22.4. The van der Waals surface area contributed by atoms with Crippen LogP contribution in [0.15, 0.2) is 60.7 Å². The van der Waals surface area contributed by atoms with Gasteiger partial charge in [-0.3, -0.25) is 0 Å². The molecule has 0 aromatic heterocycles. The third-order valence-electron chi connectivity index (χ3n) is 9.19. The van der Waals surface area contributed by atoms with Crippen LogP contribution >= 0.6 is 0 Å². The first kappa shape index (κ1) is 23.6. The van der Waals surface area contributed by atoms with Gasteiger partial charge >= 0.3 is 0 Å². The summed E-state index contributed by atoms with van der Waals surface area (Å²) in [6, 6.07) is 20.9. The van der Waals surface area contributed by atoms with E-state index in [1.54, 1.807) is 0 Å². The fourth-order valence-corrected chi connectivity index (χ4v) is 7.15. The summed E-state index contributed by atoms with van der Waals surface area (Å²) in [5.41, 5.74) is 5.92. The third-order valence-corrected chi connectivity index (χ3v) is 9.19. The molecular formula is C32H36N4O2. The standard InChI is InChI=1S/C32H36N4O2/c1-5-32(6-2)35-22-12-8-10-18-20(14-16-24(36-32)26(18)22)28-29(37)27(30(28)38)19-13-15-23-25-17(19)9-7-11-21(25)33-31(3,4)34-23/h7-16,27-30,33-38H,5-6H2,1-4H3. The Hall–Kier alpha value is -3.48. The maximum atomic E-state index is 11.6. The minimum atomic E-state index is -0.685. The van der Waals surface area contributed by atoms with Gasteiger partial charge in [0.15, 0.2) is 0 Å². The van der Waals surface area contributed by atoms with Crippen LogP contribution in [-0.2, 0) is 0 Å². The Morgan fingerprint density at radius 2 is 1.03 bits per heavy atom. The maximum Gasteiger partial charge on any atom is 0.107 e. The average Bonchev–Trinajstić information content (AvgIpc) is 2.91. The molecule has 0 bridgehead atoms. The first-order valence-corrected chi connectivity index (χ1v) is 13.9. The molecule has 2 aliphatic heterocycles. The molecule has 3 aliphatic rings. The molecule has 1 fully saturated rings. The van der Waals surface area contributed by atoms with Gasteiger partial charge in [-0.25, -0.2) is 0 Å². The quantitative estimate of drug-likeness (QED) is 0.188. The van der Waals surface area contributed by atoms with Gasteiger partial charge in [-0.05, 0) is 72.9 Å². The summed E-state index contributed by atoms with van der Waals surface area (Å²) in [5, 5.41) is 42.2. The van der Waals surface area contributed by atoms with Gasteiger partial charge in [0.1, 0.15) is 11.3 Å². The van der Waals surface area contributed by atoms with Crippen LogP contribution in [0.1, 0.15) is 63.5 Å². The molecule has 2 unspecified atom stereocenters. The predicted octanol–water partition coefficient (Wildman–Crippen LogP) is 6.52. The minimum Gasteiger partial charge on any atom is -0.392 e. The molecule has 0 saturated heterocycles. The van der Waals surface area contributed by atoms with Crippen molar-refractivity contribution in [1.29, 1.82) is 0 Å². The number of rotatable bonds is 4. The lowest BCUT2D eigenvalue weighted by Crippen LogP contribution is -2.52. The Balaban J connectivity index is 1.28. The summed E-state index contributed by atoms with van der Waals surface area (Å²) in [5.74, 6) is -0.705. The second-order valence-electron chi connectivity index (χ2n) is 11.8. The number of benzene rings is 4. The average molecular weight is 509 g/mol. The third kappa shape index (κ3) is 3.20. The number of hydrogen-bond acceptors (Lipinski definition) is 6. The predicted molar refractivity (Wildman–Crippen MR) is 157 cm³/mol. The van der Waals surface area contributed by atoms with E-state index < -0.39 is 12.2 Å². The van der Waals surface area contributed by atoms with Crippen LogP contribution < -0.4 is 21.3 Å². The molecule has 0 spiro atoms. The molecular weight excluding hydrogens is 472 g/mol. The van der Waals surface area contributed by atoms with Crippen LogP contribution in [0, 0.1) is 0 Å². The van der Waals surface area contributed by atoms with Crippen LogP contribution in [-0.4, -0.2) is 33.7 Å². The Morgan fingerprint density at radius 1 is 0.605 bits per heavy atom. The van der Waals surface area contributed by atoms with Crippen LogP contribution in [0.4, 0.5) is 22.7 Å². The van der Waals surface area contributed by atoms with E-state index in [1.807, 2.05) is 6.07 Å². The summed E-state index contributed by atoms with van der Waals surface area (Å²) in [6.45, 7) is 8.61. The van der Waals surface area contributed by atoms with E-state index in [2.05, 4.69) is 104 Å². The molecule has 38 heavy (non-hydrogen) atoms. The summed E-state index contributed by atoms with van der Waals surface area (Å²) in [6.07, 6.45) is 0.546. The molecule has 2 atom stereocenters. The van der Waals surface area contributed by atoms with Crippen molar-refractivity contribution in [2.75, 3.05) is 21.3 Å².